The number of hydrogen-bond acceptors (Lipinski definition) is 3. The van der Waals surface area contributed by atoms with Crippen LogP contribution in [0.25, 0.3) is 0 Å². The van der Waals surface area contributed by atoms with Crippen LogP contribution in [0.1, 0.15) is 38.5 Å². The predicted molar refractivity (Wildman–Crippen MR) is 66.2 cm³/mol. The lowest BCUT2D eigenvalue weighted by Crippen LogP contribution is -2.42. The van der Waals surface area contributed by atoms with E-state index in [1.54, 1.807) is 0 Å². The molecule has 104 valence electrons. The molecule has 4 N–H and O–H groups in total. The molecule has 0 spiro atoms. The standard InChI is InChI=1S/C12H22N2O4/c15-10(11(16)17)8-14-12(18)13-7-6-9-4-2-1-3-5-9/h9-10,15H,1-8H2,(H,16,17)(H2,13,14,18)/t10-/m0/s1. The van der Waals surface area contributed by atoms with Gasteiger partial charge in [-0.3, -0.25) is 0 Å². The molecule has 2 amide bonds. The summed E-state index contributed by atoms with van der Waals surface area (Å²) < 4.78 is 0. The fraction of sp³-hybridized carbons (Fsp3) is 0.833. The number of aliphatic hydroxyl groups is 1. The van der Waals surface area contributed by atoms with Gasteiger partial charge < -0.3 is 20.8 Å². The Morgan fingerprint density at radius 1 is 1.17 bits per heavy atom. The summed E-state index contributed by atoms with van der Waals surface area (Å²) in [5.74, 6) is -0.638. The van der Waals surface area contributed by atoms with Crippen LogP contribution in [0, 0.1) is 5.92 Å². The van der Waals surface area contributed by atoms with Crippen LogP contribution in [0.3, 0.4) is 0 Å². The second-order valence-corrected chi connectivity index (χ2v) is 4.78. The summed E-state index contributed by atoms with van der Waals surface area (Å²) in [6, 6.07) is -0.425. The van der Waals surface area contributed by atoms with Crippen molar-refractivity contribution in [2.75, 3.05) is 13.1 Å². The van der Waals surface area contributed by atoms with Crippen LogP contribution < -0.4 is 10.6 Å². The molecule has 1 atom stereocenters. The molecule has 0 bridgehead atoms. The molecule has 18 heavy (non-hydrogen) atoms. The molecule has 1 rings (SSSR count). The van der Waals surface area contributed by atoms with Crippen molar-refractivity contribution in [2.45, 2.75) is 44.6 Å². The second-order valence-electron chi connectivity index (χ2n) is 4.78. The number of rotatable bonds is 6. The highest BCUT2D eigenvalue weighted by Crippen LogP contribution is 2.25. The third-order valence-electron chi connectivity index (χ3n) is 3.30. The number of carboxylic acids is 1. The summed E-state index contributed by atoms with van der Waals surface area (Å²) in [6.07, 6.45) is 5.77. The molecule has 0 unspecified atom stereocenters. The van der Waals surface area contributed by atoms with Crippen LogP contribution in [0.15, 0.2) is 0 Å². The Balaban J connectivity index is 2.04. The Morgan fingerprint density at radius 2 is 1.83 bits per heavy atom. The Hall–Kier alpha value is -1.30. The van der Waals surface area contributed by atoms with Gasteiger partial charge in [0.1, 0.15) is 0 Å². The topological polar surface area (TPSA) is 98.7 Å². The molecule has 1 aliphatic carbocycles. The molecule has 1 aliphatic rings. The van der Waals surface area contributed by atoms with E-state index in [0.29, 0.717) is 12.5 Å². The highest BCUT2D eigenvalue weighted by molar-refractivity contribution is 5.76. The number of aliphatic carboxylic acids is 1. The lowest BCUT2D eigenvalue weighted by atomic mass is 9.87. The van der Waals surface area contributed by atoms with Crippen molar-refractivity contribution in [1.29, 1.82) is 0 Å². The summed E-state index contributed by atoms with van der Waals surface area (Å²) >= 11 is 0. The first-order valence-corrected chi connectivity index (χ1v) is 6.52. The SMILES string of the molecule is O=C(NCCC1CCCCC1)NC[C@H](O)C(=O)O. The monoisotopic (exact) mass is 258 g/mol. The molecule has 1 saturated carbocycles. The van der Waals surface area contributed by atoms with E-state index in [4.69, 9.17) is 10.2 Å². The number of urea groups is 1. The minimum absolute atomic E-state index is 0.273. The van der Waals surface area contributed by atoms with Crippen molar-refractivity contribution in [3.63, 3.8) is 0 Å². The fourth-order valence-electron chi connectivity index (χ4n) is 2.20. The summed E-state index contributed by atoms with van der Waals surface area (Å²) in [4.78, 5) is 21.6. The summed E-state index contributed by atoms with van der Waals surface area (Å²) in [6.45, 7) is 0.324. The van der Waals surface area contributed by atoms with Crippen LogP contribution in [0.2, 0.25) is 0 Å². The molecule has 0 aromatic carbocycles. The van der Waals surface area contributed by atoms with E-state index in [1.165, 1.54) is 32.1 Å². The maximum absolute atomic E-state index is 11.3. The quantitative estimate of drug-likeness (QED) is 0.563. The maximum Gasteiger partial charge on any atom is 0.334 e. The van der Waals surface area contributed by atoms with Gasteiger partial charge in [-0.25, -0.2) is 9.59 Å². The lowest BCUT2D eigenvalue weighted by Gasteiger charge is -2.21. The molecule has 6 heteroatoms. The van der Waals surface area contributed by atoms with Crippen LogP contribution >= 0.6 is 0 Å². The lowest BCUT2D eigenvalue weighted by molar-refractivity contribution is -0.146. The van der Waals surface area contributed by atoms with Gasteiger partial charge in [-0.15, -0.1) is 0 Å². The Morgan fingerprint density at radius 3 is 2.44 bits per heavy atom. The number of carbonyl (C=O) groups is 2. The van der Waals surface area contributed by atoms with Crippen molar-refractivity contribution < 1.29 is 19.8 Å². The number of nitrogens with one attached hydrogen (secondary N) is 2. The Labute approximate surface area is 107 Å². The third kappa shape index (κ3) is 5.86. The van der Waals surface area contributed by atoms with Gasteiger partial charge in [0.05, 0.1) is 6.54 Å². The van der Waals surface area contributed by atoms with E-state index in [9.17, 15) is 9.59 Å². The summed E-state index contributed by atoms with van der Waals surface area (Å²) in [5.41, 5.74) is 0. The van der Waals surface area contributed by atoms with E-state index in [2.05, 4.69) is 10.6 Å². The highest BCUT2D eigenvalue weighted by Gasteiger charge is 2.15. The minimum atomic E-state index is -1.55. The Bertz CT molecular complexity index is 277. The van der Waals surface area contributed by atoms with E-state index in [0.717, 1.165) is 6.42 Å². The number of aliphatic hydroxyl groups excluding tert-OH is 1. The average Bonchev–Trinajstić information content (AvgIpc) is 2.37. The van der Waals surface area contributed by atoms with Gasteiger partial charge in [-0.2, -0.15) is 0 Å². The summed E-state index contributed by atoms with van der Waals surface area (Å²) in [7, 11) is 0. The van der Waals surface area contributed by atoms with Crippen molar-refractivity contribution in [3.05, 3.63) is 0 Å². The number of carbonyl (C=O) groups excluding carboxylic acids is 1. The zero-order valence-electron chi connectivity index (χ0n) is 10.5. The molecular formula is C12H22N2O4. The zero-order valence-corrected chi connectivity index (χ0v) is 10.5. The van der Waals surface area contributed by atoms with Crippen LogP contribution in [-0.2, 0) is 4.79 Å². The van der Waals surface area contributed by atoms with Gasteiger partial charge in [-0.05, 0) is 12.3 Å². The third-order valence-corrected chi connectivity index (χ3v) is 3.30. The van der Waals surface area contributed by atoms with Crippen molar-refractivity contribution >= 4 is 12.0 Å². The fourth-order valence-corrected chi connectivity index (χ4v) is 2.20. The first-order valence-electron chi connectivity index (χ1n) is 6.52. The van der Waals surface area contributed by atoms with Gasteiger partial charge in [0.2, 0.25) is 0 Å². The van der Waals surface area contributed by atoms with E-state index in [-0.39, 0.29) is 6.54 Å². The van der Waals surface area contributed by atoms with Gasteiger partial charge >= 0.3 is 12.0 Å². The highest BCUT2D eigenvalue weighted by atomic mass is 16.4. The van der Waals surface area contributed by atoms with Crippen LogP contribution in [0.5, 0.6) is 0 Å². The van der Waals surface area contributed by atoms with Gasteiger partial charge in [0.25, 0.3) is 0 Å². The molecule has 0 radical (unpaired) electrons. The van der Waals surface area contributed by atoms with E-state index in [1.807, 2.05) is 0 Å². The van der Waals surface area contributed by atoms with Crippen LogP contribution in [0.4, 0.5) is 4.79 Å². The maximum atomic E-state index is 11.3. The van der Waals surface area contributed by atoms with Gasteiger partial charge in [-0.1, -0.05) is 32.1 Å². The molecule has 0 aliphatic heterocycles. The molecule has 0 aromatic heterocycles. The van der Waals surface area contributed by atoms with Gasteiger partial charge in [0, 0.05) is 6.54 Å². The first-order chi connectivity index (χ1) is 8.59. The van der Waals surface area contributed by atoms with Crippen molar-refractivity contribution in [3.8, 4) is 0 Å². The van der Waals surface area contributed by atoms with Crippen LogP contribution in [-0.4, -0.2) is 41.4 Å². The van der Waals surface area contributed by atoms with E-state index >= 15 is 0 Å². The number of carboxylic acid groups (broad SMARTS) is 1. The number of hydrogen-bond donors (Lipinski definition) is 4. The second kappa shape index (κ2) is 7.92. The van der Waals surface area contributed by atoms with E-state index < -0.39 is 18.1 Å². The minimum Gasteiger partial charge on any atom is -0.479 e. The molecule has 1 fully saturated rings. The average molecular weight is 258 g/mol. The first kappa shape index (κ1) is 14.8. The Kier molecular flexibility index (Phi) is 6.49. The molecule has 0 saturated heterocycles. The normalized spacial score (nSPS) is 18.1. The largest absolute Gasteiger partial charge is 0.479 e. The molecule has 6 nitrogen and oxygen atoms in total. The summed E-state index contributed by atoms with van der Waals surface area (Å²) in [5, 5.41) is 22.4. The molecule has 0 aromatic rings. The number of amides is 2. The molecule has 0 heterocycles. The molecular weight excluding hydrogens is 236 g/mol. The zero-order chi connectivity index (χ0) is 13.4. The predicted octanol–water partition coefficient (Wildman–Crippen LogP) is 0.701. The van der Waals surface area contributed by atoms with Gasteiger partial charge in [0.15, 0.2) is 6.10 Å². The van der Waals surface area contributed by atoms with Crippen molar-refractivity contribution in [1.82, 2.24) is 10.6 Å². The van der Waals surface area contributed by atoms with Crippen molar-refractivity contribution in [2.24, 2.45) is 5.92 Å². The smallest absolute Gasteiger partial charge is 0.334 e.